The van der Waals surface area contributed by atoms with E-state index < -0.39 is 6.10 Å². The van der Waals surface area contributed by atoms with E-state index in [2.05, 4.69) is 11.8 Å². The first kappa shape index (κ1) is 15.3. The van der Waals surface area contributed by atoms with Crippen LogP contribution in [0.4, 0.5) is 0 Å². The standard InChI is InChI=1S/C17H27NO2/c1-3-5-12-18(14-10-11-14)13-16(19)15-8-6-7-9-17(15)20-4-2/h6-9,14,16,19H,3-5,10-13H2,1-2H3. The highest BCUT2D eigenvalue weighted by Gasteiger charge is 2.30. The van der Waals surface area contributed by atoms with Gasteiger partial charge in [-0.25, -0.2) is 0 Å². The van der Waals surface area contributed by atoms with Gasteiger partial charge in [-0.3, -0.25) is 4.90 Å². The summed E-state index contributed by atoms with van der Waals surface area (Å²) in [5, 5.41) is 10.6. The second-order valence-electron chi connectivity index (χ2n) is 5.57. The summed E-state index contributed by atoms with van der Waals surface area (Å²) in [5.41, 5.74) is 0.913. The maximum atomic E-state index is 10.6. The van der Waals surface area contributed by atoms with E-state index in [1.165, 1.54) is 25.7 Å². The van der Waals surface area contributed by atoms with Crippen molar-refractivity contribution in [3.63, 3.8) is 0 Å². The van der Waals surface area contributed by atoms with Crippen molar-refractivity contribution in [1.29, 1.82) is 0 Å². The predicted octanol–water partition coefficient (Wildman–Crippen LogP) is 3.38. The number of para-hydroxylation sites is 1. The van der Waals surface area contributed by atoms with Crippen LogP contribution in [-0.4, -0.2) is 35.7 Å². The molecule has 1 aliphatic carbocycles. The molecule has 1 N–H and O–H groups in total. The van der Waals surface area contributed by atoms with Crippen LogP contribution in [0.1, 0.15) is 51.2 Å². The third kappa shape index (κ3) is 4.22. The fourth-order valence-corrected chi connectivity index (χ4v) is 2.59. The van der Waals surface area contributed by atoms with E-state index in [0.717, 1.165) is 24.4 Å². The van der Waals surface area contributed by atoms with Gasteiger partial charge in [0, 0.05) is 18.2 Å². The second-order valence-corrected chi connectivity index (χ2v) is 5.57. The number of hydrogen-bond acceptors (Lipinski definition) is 3. The number of nitrogens with zero attached hydrogens (tertiary/aromatic N) is 1. The summed E-state index contributed by atoms with van der Waals surface area (Å²) in [6.07, 6.45) is 4.51. The van der Waals surface area contributed by atoms with Gasteiger partial charge in [0.1, 0.15) is 5.75 Å². The number of benzene rings is 1. The minimum Gasteiger partial charge on any atom is -0.493 e. The summed E-state index contributed by atoms with van der Waals surface area (Å²) in [7, 11) is 0. The molecule has 1 atom stereocenters. The second kappa shape index (κ2) is 7.65. The van der Waals surface area contributed by atoms with Crippen molar-refractivity contribution < 1.29 is 9.84 Å². The first-order valence-electron chi connectivity index (χ1n) is 7.90. The number of aliphatic hydroxyl groups excluding tert-OH is 1. The maximum absolute atomic E-state index is 10.6. The molecule has 0 radical (unpaired) electrons. The molecule has 1 aliphatic rings. The minimum absolute atomic E-state index is 0.463. The number of unbranched alkanes of at least 4 members (excludes halogenated alkanes) is 1. The van der Waals surface area contributed by atoms with Crippen LogP contribution in [0.15, 0.2) is 24.3 Å². The van der Waals surface area contributed by atoms with E-state index in [-0.39, 0.29) is 0 Å². The normalized spacial score (nSPS) is 16.4. The van der Waals surface area contributed by atoms with Crippen molar-refractivity contribution in [3.05, 3.63) is 29.8 Å². The zero-order chi connectivity index (χ0) is 14.4. The highest BCUT2D eigenvalue weighted by Crippen LogP contribution is 2.31. The van der Waals surface area contributed by atoms with Gasteiger partial charge in [-0.2, -0.15) is 0 Å². The lowest BCUT2D eigenvalue weighted by atomic mass is 10.1. The molecule has 112 valence electrons. The SMILES string of the molecule is CCCCN(CC(O)c1ccccc1OCC)C1CC1. The fraction of sp³-hybridized carbons (Fsp3) is 0.647. The van der Waals surface area contributed by atoms with Crippen LogP contribution in [-0.2, 0) is 0 Å². The van der Waals surface area contributed by atoms with E-state index in [1.807, 2.05) is 31.2 Å². The van der Waals surface area contributed by atoms with Crippen molar-refractivity contribution in [2.75, 3.05) is 19.7 Å². The molecular weight excluding hydrogens is 250 g/mol. The molecule has 1 saturated carbocycles. The van der Waals surface area contributed by atoms with Gasteiger partial charge < -0.3 is 9.84 Å². The van der Waals surface area contributed by atoms with Crippen molar-refractivity contribution >= 4 is 0 Å². The van der Waals surface area contributed by atoms with Gasteiger partial charge in [-0.15, -0.1) is 0 Å². The van der Waals surface area contributed by atoms with E-state index in [0.29, 0.717) is 12.6 Å². The summed E-state index contributed by atoms with van der Waals surface area (Å²) >= 11 is 0. The molecule has 20 heavy (non-hydrogen) atoms. The van der Waals surface area contributed by atoms with Crippen LogP contribution in [0.5, 0.6) is 5.75 Å². The minimum atomic E-state index is -0.463. The number of ether oxygens (including phenoxy) is 1. The predicted molar refractivity (Wildman–Crippen MR) is 82.1 cm³/mol. The summed E-state index contributed by atoms with van der Waals surface area (Å²) in [4.78, 5) is 2.44. The van der Waals surface area contributed by atoms with Crippen LogP contribution in [0.3, 0.4) is 0 Å². The third-order valence-electron chi connectivity index (χ3n) is 3.85. The molecule has 0 aliphatic heterocycles. The molecular formula is C17H27NO2. The van der Waals surface area contributed by atoms with Crippen molar-refractivity contribution in [2.24, 2.45) is 0 Å². The van der Waals surface area contributed by atoms with Crippen LogP contribution in [0.2, 0.25) is 0 Å². The molecule has 0 bridgehead atoms. The van der Waals surface area contributed by atoms with E-state index in [9.17, 15) is 5.11 Å². The Kier molecular flexibility index (Phi) is 5.86. The van der Waals surface area contributed by atoms with Crippen molar-refractivity contribution in [3.8, 4) is 5.75 Å². The van der Waals surface area contributed by atoms with Gasteiger partial charge in [0.05, 0.1) is 12.7 Å². The van der Waals surface area contributed by atoms with Gasteiger partial charge >= 0.3 is 0 Å². The first-order valence-corrected chi connectivity index (χ1v) is 7.90. The lowest BCUT2D eigenvalue weighted by Gasteiger charge is -2.25. The van der Waals surface area contributed by atoms with Crippen LogP contribution < -0.4 is 4.74 Å². The molecule has 2 rings (SSSR count). The zero-order valence-electron chi connectivity index (χ0n) is 12.7. The molecule has 0 aromatic heterocycles. The maximum Gasteiger partial charge on any atom is 0.125 e. The van der Waals surface area contributed by atoms with Crippen LogP contribution in [0, 0.1) is 0 Å². The van der Waals surface area contributed by atoms with Gasteiger partial charge in [-0.05, 0) is 38.8 Å². The summed E-state index contributed by atoms with van der Waals surface area (Å²) in [5.74, 6) is 0.814. The Hall–Kier alpha value is -1.06. The lowest BCUT2D eigenvalue weighted by molar-refractivity contribution is 0.105. The summed E-state index contributed by atoms with van der Waals surface area (Å²) in [6.45, 7) is 6.63. The fourth-order valence-electron chi connectivity index (χ4n) is 2.59. The molecule has 0 heterocycles. The molecule has 0 saturated heterocycles. The van der Waals surface area contributed by atoms with Crippen molar-refractivity contribution in [2.45, 2.75) is 51.7 Å². The first-order chi connectivity index (χ1) is 9.76. The quantitative estimate of drug-likeness (QED) is 0.751. The van der Waals surface area contributed by atoms with Crippen LogP contribution in [0.25, 0.3) is 0 Å². The molecule has 0 amide bonds. The monoisotopic (exact) mass is 277 g/mol. The Morgan fingerprint density at radius 1 is 1.30 bits per heavy atom. The Morgan fingerprint density at radius 3 is 2.70 bits per heavy atom. The van der Waals surface area contributed by atoms with Gasteiger partial charge in [0.25, 0.3) is 0 Å². The average molecular weight is 277 g/mol. The van der Waals surface area contributed by atoms with E-state index in [1.54, 1.807) is 0 Å². The molecule has 1 unspecified atom stereocenters. The smallest absolute Gasteiger partial charge is 0.125 e. The Balaban J connectivity index is 2.00. The zero-order valence-corrected chi connectivity index (χ0v) is 12.7. The molecule has 3 nitrogen and oxygen atoms in total. The summed E-state index contributed by atoms with van der Waals surface area (Å²) in [6, 6.07) is 8.53. The molecule has 3 heteroatoms. The summed E-state index contributed by atoms with van der Waals surface area (Å²) < 4.78 is 5.62. The number of aliphatic hydroxyl groups is 1. The number of rotatable bonds is 9. The molecule has 0 spiro atoms. The highest BCUT2D eigenvalue weighted by molar-refractivity contribution is 5.35. The third-order valence-corrected chi connectivity index (χ3v) is 3.85. The van der Waals surface area contributed by atoms with Crippen molar-refractivity contribution in [1.82, 2.24) is 4.90 Å². The topological polar surface area (TPSA) is 32.7 Å². The van der Waals surface area contributed by atoms with Gasteiger partial charge in [0.2, 0.25) is 0 Å². The lowest BCUT2D eigenvalue weighted by Crippen LogP contribution is -2.31. The Morgan fingerprint density at radius 2 is 2.05 bits per heavy atom. The van der Waals surface area contributed by atoms with E-state index in [4.69, 9.17) is 4.74 Å². The van der Waals surface area contributed by atoms with E-state index >= 15 is 0 Å². The molecule has 1 aromatic carbocycles. The van der Waals surface area contributed by atoms with Crippen LogP contribution >= 0.6 is 0 Å². The highest BCUT2D eigenvalue weighted by atomic mass is 16.5. The molecule has 1 fully saturated rings. The molecule has 1 aromatic rings. The number of hydrogen-bond donors (Lipinski definition) is 1. The Labute approximate surface area is 122 Å². The largest absolute Gasteiger partial charge is 0.493 e. The Bertz CT molecular complexity index is 404. The van der Waals surface area contributed by atoms with Gasteiger partial charge in [0.15, 0.2) is 0 Å². The average Bonchev–Trinajstić information content (AvgIpc) is 3.28. The van der Waals surface area contributed by atoms with Gasteiger partial charge in [-0.1, -0.05) is 31.5 Å².